The van der Waals surface area contributed by atoms with Crippen molar-refractivity contribution in [2.45, 2.75) is 29.1 Å². The van der Waals surface area contributed by atoms with Crippen LogP contribution in [0, 0.1) is 0 Å². The number of fused-ring (bicyclic) bond motifs is 8. The van der Waals surface area contributed by atoms with Crippen molar-refractivity contribution in [2.75, 3.05) is 11.9 Å². The standard InChI is InChI=1S/C52H37NS/c1-52(2)43-19-9-8-17-40(43)51-41(18-12-20-44(51)52)50-38-16-7-6-15-37(38)49(36-26-28-48-46(31-36)53(3)45-21-10-11-22-47(45)54-48)39-27-25-35(30-42(39)50)34-24-23-32-13-4-5-14-33(32)29-34/h4-31H,1-3H3. The summed E-state index contributed by atoms with van der Waals surface area (Å²) in [6.45, 7) is 4.75. The fourth-order valence-corrected chi connectivity index (χ4v) is 10.5. The summed E-state index contributed by atoms with van der Waals surface area (Å²) >= 11 is 1.86. The molecular formula is C52H37NS. The lowest BCUT2D eigenvalue weighted by Crippen LogP contribution is -2.14. The molecule has 0 bridgehead atoms. The van der Waals surface area contributed by atoms with Crippen molar-refractivity contribution in [1.29, 1.82) is 0 Å². The smallest absolute Gasteiger partial charge is 0.0556 e. The number of anilines is 2. The molecule has 54 heavy (non-hydrogen) atoms. The van der Waals surface area contributed by atoms with Crippen LogP contribution in [0.2, 0.25) is 0 Å². The average Bonchev–Trinajstić information content (AvgIpc) is 3.45. The molecule has 0 aromatic heterocycles. The van der Waals surface area contributed by atoms with E-state index in [4.69, 9.17) is 0 Å². The molecule has 0 atom stereocenters. The Bertz CT molecular complexity index is 3020. The van der Waals surface area contributed by atoms with Crippen LogP contribution in [0.15, 0.2) is 180 Å². The predicted molar refractivity (Wildman–Crippen MR) is 231 cm³/mol. The van der Waals surface area contributed by atoms with Gasteiger partial charge in [-0.25, -0.2) is 0 Å². The predicted octanol–water partition coefficient (Wildman–Crippen LogP) is 14.7. The van der Waals surface area contributed by atoms with Crippen LogP contribution in [0.1, 0.15) is 25.0 Å². The largest absolute Gasteiger partial charge is 0.343 e. The van der Waals surface area contributed by atoms with Crippen LogP contribution in [0.5, 0.6) is 0 Å². The Hall–Kier alpha value is -6.09. The molecule has 1 aliphatic heterocycles. The van der Waals surface area contributed by atoms with Crippen LogP contribution in [0.25, 0.3) is 76.8 Å². The molecule has 1 aliphatic carbocycles. The van der Waals surface area contributed by atoms with E-state index in [9.17, 15) is 0 Å². The summed E-state index contributed by atoms with van der Waals surface area (Å²) in [4.78, 5) is 4.93. The van der Waals surface area contributed by atoms with Gasteiger partial charge >= 0.3 is 0 Å². The highest BCUT2D eigenvalue weighted by Crippen LogP contribution is 2.55. The molecule has 0 radical (unpaired) electrons. The normalized spacial score (nSPS) is 13.9. The first-order chi connectivity index (χ1) is 26.5. The lowest BCUT2D eigenvalue weighted by molar-refractivity contribution is 0.660. The van der Waals surface area contributed by atoms with Crippen molar-refractivity contribution in [3.8, 4) is 44.5 Å². The lowest BCUT2D eigenvalue weighted by atomic mass is 9.80. The van der Waals surface area contributed by atoms with E-state index in [0.29, 0.717) is 0 Å². The first-order valence-corrected chi connectivity index (χ1v) is 19.6. The topological polar surface area (TPSA) is 3.24 Å². The van der Waals surface area contributed by atoms with Crippen molar-refractivity contribution in [2.24, 2.45) is 0 Å². The van der Waals surface area contributed by atoms with Crippen LogP contribution in [-0.2, 0) is 5.41 Å². The third-order valence-corrected chi connectivity index (χ3v) is 13.2. The van der Waals surface area contributed by atoms with Crippen LogP contribution in [-0.4, -0.2) is 7.05 Å². The molecule has 0 fully saturated rings. The van der Waals surface area contributed by atoms with Gasteiger partial charge in [-0.05, 0) is 124 Å². The van der Waals surface area contributed by atoms with Crippen LogP contribution >= 0.6 is 11.8 Å². The molecule has 0 amide bonds. The summed E-state index contributed by atoms with van der Waals surface area (Å²) in [6, 6.07) is 63.6. The van der Waals surface area contributed by atoms with E-state index in [-0.39, 0.29) is 5.41 Å². The fourth-order valence-electron chi connectivity index (χ4n) is 9.38. The van der Waals surface area contributed by atoms with Crippen LogP contribution in [0.3, 0.4) is 0 Å². The van der Waals surface area contributed by atoms with Gasteiger partial charge in [0.05, 0.1) is 11.4 Å². The summed E-state index contributed by atoms with van der Waals surface area (Å²) in [5.74, 6) is 0. The molecule has 0 unspecified atom stereocenters. The van der Waals surface area contributed by atoms with E-state index >= 15 is 0 Å². The zero-order valence-electron chi connectivity index (χ0n) is 30.5. The maximum atomic E-state index is 2.47. The molecule has 0 N–H and O–H groups in total. The van der Waals surface area contributed by atoms with E-state index in [1.807, 2.05) is 11.8 Å². The first-order valence-electron chi connectivity index (χ1n) is 18.8. The minimum atomic E-state index is -0.0878. The molecule has 256 valence electrons. The van der Waals surface area contributed by atoms with Crippen molar-refractivity contribution in [3.63, 3.8) is 0 Å². The molecule has 2 aliphatic rings. The summed E-state index contributed by atoms with van der Waals surface area (Å²) in [5, 5.41) is 7.60. The number of hydrogen-bond donors (Lipinski definition) is 0. The Morgan fingerprint density at radius 2 is 1.04 bits per heavy atom. The van der Waals surface area contributed by atoms with Crippen molar-refractivity contribution in [3.05, 3.63) is 181 Å². The molecule has 0 saturated heterocycles. The van der Waals surface area contributed by atoms with E-state index in [1.165, 1.54) is 109 Å². The SMILES string of the molecule is CN1c2ccccc2Sc2ccc(-c3c4ccccc4c(-c4cccc5c4-c4ccccc4C5(C)C)c4cc(-c5ccc6ccccc6c5)ccc34)cc21. The maximum Gasteiger partial charge on any atom is 0.0556 e. The summed E-state index contributed by atoms with van der Waals surface area (Å²) in [7, 11) is 2.20. The molecule has 2 heteroatoms. The highest BCUT2D eigenvalue weighted by Gasteiger charge is 2.37. The van der Waals surface area contributed by atoms with E-state index in [1.54, 1.807) is 0 Å². The second kappa shape index (κ2) is 11.7. The first kappa shape index (κ1) is 31.4. The Balaban J connectivity index is 1.23. The highest BCUT2D eigenvalue weighted by atomic mass is 32.2. The Morgan fingerprint density at radius 3 is 1.93 bits per heavy atom. The van der Waals surface area contributed by atoms with Crippen molar-refractivity contribution in [1.82, 2.24) is 0 Å². The molecule has 1 heterocycles. The van der Waals surface area contributed by atoms with Crippen molar-refractivity contribution < 1.29 is 0 Å². The van der Waals surface area contributed by atoms with Gasteiger partial charge in [0.1, 0.15) is 0 Å². The number of para-hydroxylation sites is 1. The quantitative estimate of drug-likeness (QED) is 0.168. The Morgan fingerprint density at radius 1 is 0.407 bits per heavy atom. The van der Waals surface area contributed by atoms with E-state index < -0.39 is 0 Å². The zero-order chi connectivity index (χ0) is 36.1. The van der Waals surface area contributed by atoms with Gasteiger partial charge in [-0.1, -0.05) is 159 Å². The van der Waals surface area contributed by atoms with E-state index in [0.717, 1.165) is 0 Å². The highest BCUT2D eigenvalue weighted by molar-refractivity contribution is 7.99. The van der Waals surface area contributed by atoms with Gasteiger partial charge in [0.25, 0.3) is 0 Å². The molecule has 9 aromatic carbocycles. The summed E-state index contributed by atoms with van der Waals surface area (Å²) in [5.41, 5.74) is 15.5. The molecule has 9 aromatic rings. The molecule has 0 spiro atoms. The Kier molecular flexibility index (Phi) is 6.81. The van der Waals surface area contributed by atoms with Gasteiger partial charge in [0.2, 0.25) is 0 Å². The second-order valence-corrected chi connectivity index (χ2v) is 16.4. The van der Waals surface area contributed by atoms with Gasteiger partial charge in [-0.2, -0.15) is 0 Å². The minimum Gasteiger partial charge on any atom is -0.343 e. The summed E-state index contributed by atoms with van der Waals surface area (Å²) in [6.07, 6.45) is 0. The van der Waals surface area contributed by atoms with Gasteiger partial charge in [-0.15, -0.1) is 0 Å². The van der Waals surface area contributed by atoms with Gasteiger partial charge in [0.15, 0.2) is 0 Å². The molecule has 1 nitrogen and oxygen atoms in total. The van der Waals surface area contributed by atoms with E-state index in [2.05, 4.69) is 196 Å². The molecule has 11 rings (SSSR count). The van der Waals surface area contributed by atoms with Gasteiger partial charge in [0, 0.05) is 22.3 Å². The number of benzene rings is 9. The van der Waals surface area contributed by atoms with Crippen molar-refractivity contribution >= 4 is 55.5 Å². The third-order valence-electron chi connectivity index (χ3n) is 12.0. The molecule has 0 saturated carbocycles. The van der Waals surface area contributed by atoms with Crippen LogP contribution in [0.4, 0.5) is 11.4 Å². The number of hydrogen-bond acceptors (Lipinski definition) is 2. The lowest BCUT2D eigenvalue weighted by Gasteiger charge is -2.30. The Labute approximate surface area is 320 Å². The monoisotopic (exact) mass is 707 g/mol. The molecular weight excluding hydrogens is 671 g/mol. The average molecular weight is 708 g/mol. The minimum absolute atomic E-state index is 0.0878. The number of nitrogens with zero attached hydrogens (tertiary/aromatic N) is 1. The van der Waals surface area contributed by atoms with Crippen LogP contribution < -0.4 is 4.90 Å². The zero-order valence-corrected chi connectivity index (χ0v) is 31.3. The maximum absolute atomic E-state index is 2.47. The third kappa shape index (κ3) is 4.53. The fraction of sp³-hybridized carbons (Fsp3) is 0.0769. The van der Waals surface area contributed by atoms with Gasteiger partial charge < -0.3 is 4.90 Å². The summed E-state index contributed by atoms with van der Waals surface area (Å²) < 4.78 is 0. The second-order valence-electron chi connectivity index (χ2n) is 15.3. The number of rotatable bonds is 3. The van der Waals surface area contributed by atoms with Gasteiger partial charge in [-0.3, -0.25) is 0 Å².